The van der Waals surface area contributed by atoms with Crippen molar-refractivity contribution in [2.45, 2.75) is 64.9 Å². The Kier molecular flexibility index (Phi) is 8.76. The third-order valence-electron chi connectivity index (χ3n) is 4.75. The van der Waals surface area contributed by atoms with E-state index in [0.717, 1.165) is 36.8 Å². The highest BCUT2D eigenvalue weighted by molar-refractivity contribution is 5.96. The summed E-state index contributed by atoms with van der Waals surface area (Å²) in [7, 11) is 0. The molecule has 2 aromatic rings. The van der Waals surface area contributed by atoms with Gasteiger partial charge in [0.05, 0.1) is 0 Å². The third-order valence-corrected chi connectivity index (χ3v) is 4.75. The average molecular weight is 367 g/mol. The zero-order chi connectivity index (χ0) is 19.5. The van der Waals surface area contributed by atoms with E-state index in [1.165, 1.54) is 0 Å². The molecule has 0 spiro atoms. The lowest BCUT2D eigenvalue weighted by Crippen LogP contribution is -2.18. The van der Waals surface area contributed by atoms with Crippen LogP contribution in [0.1, 0.15) is 69.2 Å². The van der Waals surface area contributed by atoms with Crippen LogP contribution < -0.4 is 0 Å². The van der Waals surface area contributed by atoms with Gasteiger partial charge in [-0.05, 0) is 30.4 Å². The number of ether oxygens (including phenoxy) is 1. The summed E-state index contributed by atoms with van der Waals surface area (Å²) in [6, 6.07) is 17.8. The molecule has 2 rings (SSSR count). The van der Waals surface area contributed by atoms with E-state index in [2.05, 4.69) is 19.1 Å². The molecule has 0 N–H and O–H groups in total. The number of benzene rings is 2. The second kappa shape index (κ2) is 11.3. The molecule has 0 fully saturated rings. The summed E-state index contributed by atoms with van der Waals surface area (Å²) < 4.78 is 5.52. The molecular formula is C24H30O3. The summed E-state index contributed by atoms with van der Waals surface area (Å²) in [5.41, 5.74) is 2.94. The molecule has 0 aliphatic heterocycles. The van der Waals surface area contributed by atoms with Gasteiger partial charge in [0, 0.05) is 18.4 Å². The van der Waals surface area contributed by atoms with Crippen LogP contribution in [0.25, 0.3) is 11.1 Å². The number of Topliss-reactive ketones (excluding diaryl/α,β-unsaturated/α-hetero) is 1. The molecule has 0 heterocycles. The number of hydrogen-bond acceptors (Lipinski definition) is 3. The quantitative estimate of drug-likeness (QED) is 0.269. The van der Waals surface area contributed by atoms with Gasteiger partial charge in [-0.15, -0.1) is 0 Å². The van der Waals surface area contributed by atoms with E-state index in [1.807, 2.05) is 49.4 Å². The highest BCUT2D eigenvalue weighted by Gasteiger charge is 2.15. The third kappa shape index (κ3) is 7.01. The first kappa shape index (κ1) is 20.9. The fourth-order valence-corrected chi connectivity index (χ4v) is 3.03. The molecule has 0 saturated carbocycles. The first-order chi connectivity index (χ1) is 13.1. The van der Waals surface area contributed by atoms with E-state index in [9.17, 15) is 9.59 Å². The lowest BCUT2D eigenvalue weighted by Gasteiger charge is -2.16. The smallest absolute Gasteiger partial charge is 0.306 e. The normalized spacial score (nSPS) is 11.8. The number of hydrogen-bond donors (Lipinski definition) is 0. The Balaban J connectivity index is 1.84. The van der Waals surface area contributed by atoms with Crippen LogP contribution in [0.5, 0.6) is 0 Å². The number of carbonyl (C=O) groups is 2. The van der Waals surface area contributed by atoms with E-state index in [0.29, 0.717) is 24.8 Å². The molecule has 1 atom stereocenters. The highest BCUT2D eigenvalue weighted by atomic mass is 16.5. The SMILES string of the molecule is CCCCCC(=O)OC(CC)CCC(=O)c1ccc(-c2ccccc2)cc1. The van der Waals surface area contributed by atoms with Crippen LogP contribution in [0.2, 0.25) is 0 Å². The van der Waals surface area contributed by atoms with Gasteiger partial charge in [0.15, 0.2) is 5.78 Å². The van der Waals surface area contributed by atoms with E-state index < -0.39 is 0 Å². The molecule has 2 aromatic carbocycles. The highest BCUT2D eigenvalue weighted by Crippen LogP contribution is 2.20. The Morgan fingerprint density at radius 2 is 1.52 bits per heavy atom. The van der Waals surface area contributed by atoms with Crippen molar-refractivity contribution in [3.8, 4) is 11.1 Å². The number of esters is 1. The molecule has 0 aliphatic carbocycles. The van der Waals surface area contributed by atoms with Crippen molar-refractivity contribution in [1.29, 1.82) is 0 Å². The summed E-state index contributed by atoms with van der Waals surface area (Å²) in [6.45, 7) is 4.10. The first-order valence-corrected chi connectivity index (χ1v) is 10.0. The Morgan fingerprint density at radius 1 is 0.852 bits per heavy atom. The van der Waals surface area contributed by atoms with Crippen molar-refractivity contribution in [1.82, 2.24) is 0 Å². The molecule has 27 heavy (non-hydrogen) atoms. The van der Waals surface area contributed by atoms with Gasteiger partial charge in [0.2, 0.25) is 0 Å². The van der Waals surface area contributed by atoms with E-state index in [1.54, 1.807) is 0 Å². The van der Waals surface area contributed by atoms with Gasteiger partial charge in [-0.3, -0.25) is 9.59 Å². The van der Waals surface area contributed by atoms with Crippen molar-refractivity contribution >= 4 is 11.8 Å². The molecule has 144 valence electrons. The van der Waals surface area contributed by atoms with Gasteiger partial charge in [-0.1, -0.05) is 81.3 Å². The van der Waals surface area contributed by atoms with Crippen LogP contribution in [-0.2, 0) is 9.53 Å². The topological polar surface area (TPSA) is 43.4 Å². The van der Waals surface area contributed by atoms with Gasteiger partial charge < -0.3 is 4.74 Å². The molecule has 0 aromatic heterocycles. The minimum Gasteiger partial charge on any atom is -0.462 e. The lowest BCUT2D eigenvalue weighted by atomic mass is 9.99. The number of ketones is 1. The van der Waals surface area contributed by atoms with Crippen molar-refractivity contribution < 1.29 is 14.3 Å². The van der Waals surface area contributed by atoms with Crippen molar-refractivity contribution in [3.63, 3.8) is 0 Å². The molecule has 1 unspecified atom stereocenters. The fourth-order valence-electron chi connectivity index (χ4n) is 3.03. The molecular weight excluding hydrogens is 336 g/mol. The zero-order valence-electron chi connectivity index (χ0n) is 16.4. The summed E-state index contributed by atoms with van der Waals surface area (Å²) in [6.07, 6.45) is 5.01. The Labute approximate surface area is 162 Å². The number of unbranched alkanes of at least 4 members (excludes halogenated alkanes) is 2. The summed E-state index contributed by atoms with van der Waals surface area (Å²) >= 11 is 0. The minimum atomic E-state index is -0.174. The van der Waals surface area contributed by atoms with Gasteiger partial charge in [0.25, 0.3) is 0 Å². The second-order valence-corrected chi connectivity index (χ2v) is 6.88. The summed E-state index contributed by atoms with van der Waals surface area (Å²) in [4.78, 5) is 24.3. The van der Waals surface area contributed by atoms with Crippen LogP contribution in [-0.4, -0.2) is 17.9 Å². The van der Waals surface area contributed by atoms with Crippen LogP contribution in [0, 0.1) is 0 Å². The zero-order valence-corrected chi connectivity index (χ0v) is 16.4. The van der Waals surface area contributed by atoms with Gasteiger partial charge in [-0.25, -0.2) is 0 Å². The molecule has 0 bridgehead atoms. The molecule has 3 heteroatoms. The molecule has 0 radical (unpaired) electrons. The fraction of sp³-hybridized carbons (Fsp3) is 0.417. The molecule has 0 amide bonds. The second-order valence-electron chi connectivity index (χ2n) is 6.88. The summed E-state index contributed by atoms with van der Waals surface area (Å²) in [5.74, 6) is -0.0509. The predicted molar refractivity (Wildman–Crippen MR) is 110 cm³/mol. The Bertz CT molecular complexity index is 704. The van der Waals surface area contributed by atoms with Gasteiger partial charge >= 0.3 is 5.97 Å². The van der Waals surface area contributed by atoms with Crippen LogP contribution in [0.15, 0.2) is 54.6 Å². The number of carbonyl (C=O) groups excluding carboxylic acids is 2. The minimum absolute atomic E-state index is 0.0927. The van der Waals surface area contributed by atoms with Crippen molar-refractivity contribution in [3.05, 3.63) is 60.2 Å². The summed E-state index contributed by atoms with van der Waals surface area (Å²) in [5, 5.41) is 0. The van der Waals surface area contributed by atoms with Crippen LogP contribution >= 0.6 is 0 Å². The van der Waals surface area contributed by atoms with E-state index in [-0.39, 0.29) is 17.9 Å². The van der Waals surface area contributed by atoms with E-state index >= 15 is 0 Å². The van der Waals surface area contributed by atoms with Gasteiger partial charge in [0.1, 0.15) is 6.10 Å². The monoisotopic (exact) mass is 366 g/mol. The molecule has 0 aliphatic rings. The molecule has 3 nitrogen and oxygen atoms in total. The lowest BCUT2D eigenvalue weighted by molar-refractivity contribution is -0.149. The van der Waals surface area contributed by atoms with Crippen LogP contribution in [0.4, 0.5) is 0 Å². The Hall–Kier alpha value is -2.42. The van der Waals surface area contributed by atoms with Gasteiger partial charge in [-0.2, -0.15) is 0 Å². The molecule has 0 saturated heterocycles. The Morgan fingerprint density at radius 3 is 2.15 bits per heavy atom. The first-order valence-electron chi connectivity index (χ1n) is 10.0. The average Bonchev–Trinajstić information content (AvgIpc) is 2.71. The van der Waals surface area contributed by atoms with E-state index in [4.69, 9.17) is 4.74 Å². The number of rotatable bonds is 11. The van der Waals surface area contributed by atoms with Crippen molar-refractivity contribution in [2.24, 2.45) is 0 Å². The maximum Gasteiger partial charge on any atom is 0.306 e. The maximum absolute atomic E-state index is 12.5. The standard InChI is InChI=1S/C24H30O3/c1-3-5-7-12-24(26)27-22(4-2)17-18-23(25)21-15-13-20(14-16-21)19-10-8-6-9-11-19/h6,8-11,13-16,22H,3-5,7,12,17-18H2,1-2H3. The van der Waals surface area contributed by atoms with Crippen LogP contribution in [0.3, 0.4) is 0 Å². The van der Waals surface area contributed by atoms with Crippen molar-refractivity contribution in [2.75, 3.05) is 0 Å². The maximum atomic E-state index is 12.5. The predicted octanol–water partition coefficient (Wildman–Crippen LogP) is 6.22. The largest absolute Gasteiger partial charge is 0.462 e.